The summed E-state index contributed by atoms with van der Waals surface area (Å²) >= 11 is 0. The van der Waals surface area contributed by atoms with E-state index in [-0.39, 0.29) is 0 Å². The molecule has 0 bridgehead atoms. The van der Waals surface area contributed by atoms with Crippen molar-refractivity contribution in [3.8, 4) is 0 Å². The Morgan fingerprint density at radius 1 is 1.70 bits per heavy atom. The van der Waals surface area contributed by atoms with Gasteiger partial charge >= 0.3 is 6.16 Å². The predicted octanol–water partition coefficient (Wildman–Crippen LogP) is 1.55. The predicted molar refractivity (Wildman–Crippen MR) is 28.6 cm³/mol. The molecule has 0 heterocycles. The van der Waals surface area contributed by atoms with Gasteiger partial charge in [0.15, 0.2) is 6.61 Å². The second-order valence-corrected chi connectivity index (χ2v) is 1.24. The van der Waals surface area contributed by atoms with Gasteiger partial charge in [0.2, 0.25) is 0 Å². The fourth-order valence-corrected chi connectivity index (χ4v) is 0.233. The maximum atomic E-state index is 11.3. The summed E-state index contributed by atoms with van der Waals surface area (Å²) in [5.74, 6) is 0. The molecule has 0 saturated carbocycles. The zero-order valence-corrected chi connectivity index (χ0v) is 5.05. The first-order valence-corrected chi connectivity index (χ1v) is 2.39. The van der Waals surface area contributed by atoms with Crippen LogP contribution in [0.1, 0.15) is 0 Å². The third kappa shape index (κ3) is 5.02. The van der Waals surface area contributed by atoms with E-state index in [4.69, 9.17) is 0 Å². The van der Waals surface area contributed by atoms with Crippen molar-refractivity contribution >= 4 is 6.16 Å². The summed E-state index contributed by atoms with van der Waals surface area (Å²) in [4.78, 5) is 10.1. The minimum absolute atomic E-state index is 0.799. The van der Waals surface area contributed by atoms with E-state index in [1.807, 2.05) is 0 Å². The highest BCUT2D eigenvalue weighted by Crippen LogP contribution is 1.94. The Hall–Kier alpha value is -1.13. The summed E-state index contributed by atoms with van der Waals surface area (Å²) in [6.45, 7) is 2.07. The number of carbonyl (C=O) groups excluding carboxylic acids is 1. The molecule has 0 saturated heterocycles. The van der Waals surface area contributed by atoms with Crippen molar-refractivity contribution in [2.75, 3.05) is 6.61 Å². The van der Waals surface area contributed by atoms with Crippen LogP contribution >= 0.6 is 0 Å². The highest BCUT2D eigenvalue weighted by Gasteiger charge is 2.07. The van der Waals surface area contributed by atoms with E-state index >= 15 is 0 Å². The second-order valence-electron chi connectivity index (χ2n) is 1.24. The van der Waals surface area contributed by atoms with E-state index in [9.17, 15) is 13.6 Å². The van der Waals surface area contributed by atoms with E-state index < -0.39 is 19.2 Å². The molecule has 0 radical (unpaired) electrons. The standard InChI is InChI=1S/C5H6F2O3/c1-2-9-5(8)10-3-4(6)7/h2,4H,1,3H2. The number of halogens is 2. The van der Waals surface area contributed by atoms with Gasteiger partial charge in [0.05, 0.1) is 6.26 Å². The van der Waals surface area contributed by atoms with Crippen LogP contribution in [0.4, 0.5) is 13.6 Å². The van der Waals surface area contributed by atoms with Gasteiger partial charge in [-0.2, -0.15) is 0 Å². The quantitative estimate of drug-likeness (QED) is 0.454. The Morgan fingerprint density at radius 3 is 2.70 bits per heavy atom. The Morgan fingerprint density at radius 2 is 2.30 bits per heavy atom. The number of hydrogen-bond acceptors (Lipinski definition) is 3. The molecule has 0 aromatic heterocycles. The summed E-state index contributed by atoms with van der Waals surface area (Å²) in [6, 6.07) is 0. The van der Waals surface area contributed by atoms with Gasteiger partial charge in [-0.1, -0.05) is 6.58 Å². The first-order chi connectivity index (χ1) is 4.66. The van der Waals surface area contributed by atoms with E-state index in [1.54, 1.807) is 0 Å². The van der Waals surface area contributed by atoms with Crippen LogP contribution in [0.2, 0.25) is 0 Å². The summed E-state index contributed by atoms with van der Waals surface area (Å²) in [5, 5.41) is 0. The van der Waals surface area contributed by atoms with Crippen molar-refractivity contribution in [1.29, 1.82) is 0 Å². The first kappa shape index (κ1) is 8.87. The summed E-state index contributed by atoms with van der Waals surface area (Å²) in [5.41, 5.74) is 0. The van der Waals surface area contributed by atoms with Gasteiger partial charge in [0, 0.05) is 0 Å². The molecule has 0 unspecified atom stereocenters. The van der Waals surface area contributed by atoms with E-state index in [2.05, 4.69) is 16.1 Å². The van der Waals surface area contributed by atoms with Crippen molar-refractivity contribution in [2.45, 2.75) is 6.43 Å². The van der Waals surface area contributed by atoms with Crippen molar-refractivity contribution in [1.82, 2.24) is 0 Å². The van der Waals surface area contributed by atoms with Gasteiger partial charge in [0.25, 0.3) is 6.43 Å². The molecule has 0 aromatic rings. The normalized spacial score (nSPS) is 9.10. The van der Waals surface area contributed by atoms with Gasteiger partial charge in [-0.15, -0.1) is 0 Å². The zero-order valence-electron chi connectivity index (χ0n) is 5.05. The molecule has 0 fully saturated rings. The number of carbonyl (C=O) groups is 1. The molecule has 0 aliphatic heterocycles. The molecule has 5 heteroatoms. The van der Waals surface area contributed by atoms with Gasteiger partial charge in [0.1, 0.15) is 0 Å². The summed E-state index contributed by atoms with van der Waals surface area (Å²) in [7, 11) is 0. The molecule has 0 aromatic carbocycles. The van der Waals surface area contributed by atoms with E-state index in [0.717, 1.165) is 6.26 Å². The molecule has 0 amide bonds. The molecule has 0 aliphatic rings. The van der Waals surface area contributed by atoms with Crippen LogP contribution in [0, 0.1) is 0 Å². The fraction of sp³-hybridized carbons (Fsp3) is 0.400. The fourth-order valence-electron chi connectivity index (χ4n) is 0.233. The lowest BCUT2D eigenvalue weighted by Gasteiger charge is -1.99. The first-order valence-electron chi connectivity index (χ1n) is 2.39. The van der Waals surface area contributed by atoms with E-state index in [1.165, 1.54) is 0 Å². The Bertz CT molecular complexity index is 124. The average Bonchev–Trinajstić information content (AvgIpc) is 1.85. The van der Waals surface area contributed by atoms with Crippen molar-refractivity contribution < 1.29 is 23.0 Å². The third-order valence-electron chi connectivity index (χ3n) is 0.507. The lowest BCUT2D eigenvalue weighted by molar-refractivity contribution is 0.0220. The Balaban J connectivity index is 3.30. The molecule has 0 N–H and O–H groups in total. The smallest absolute Gasteiger partial charge is 0.428 e. The van der Waals surface area contributed by atoms with E-state index in [0.29, 0.717) is 0 Å². The number of ether oxygens (including phenoxy) is 2. The van der Waals surface area contributed by atoms with Crippen LogP contribution in [0.25, 0.3) is 0 Å². The number of hydrogen-bond donors (Lipinski definition) is 0. The minimum atomic E-state index is -2.67. The van der Waals surface area contributed by atoms with Crippen molar-refractivity contribution in [3.05, 3.63) is 12.8 Å². The topological polar surface area (TPSA) is 35.5 Å². The van der Waals surface area contributed by atoms with Crippen molar-refractivity contribution in [3.63, 3.8) is 0 Å². The largest absolute Gasteiger partial charge is 0.513 e. The van der Waals surface area contributed by atoms with Crippen molar-refractivity contribution in [2.24, 2.45) is 0 Å². The molecule has 0 rings (SSSR count). The maximum Gasteiger partial charge on any atom is 0.513 e. The number of rotatable bonds is 3. The van der Waals surface area contributed by atoms with Crippen LogP contribution in [0.5, 0.6) is 0 Å². The summed E-state index contributed by atoms with van der Waals surface area (Å²) < 4.78 is 30.4. The molecular formula is C5H6F2O3. The average molecular weight is 152 g/mol. The lowest BCUT2D eigenvalue weighted by Crippen LogP contribution is -2.10. The monoisotopic (exact) mass is 152 g/mol. The van der Waals surface area contributed by atoms with Crippen LogP contribution < -0.4 is 0 Å². The minimum Gasteiger partial charge on any atom is -0.428 e. The third-order valence-corrected chi connectivity index (χ3v) is 0.507. The Labute approximate surface area is 56.2 Å². The van der Waals surface area contributed by atoms with Crippen LogP contribution in [0.3, 0.4) is 0 Å². The molecule has 3 nitrogen and oxygen atoms in total. The highest BCUT2D eigenvalue weighted by molar-refractivity contribution is 5.60. The molecule has 58 valence electrons. The van der Waals surface area contributed by atoms with Crippen LogP contribution in [-0.2, 0) is 9.47 Å². The molecule has 0 aliphatic carbocycles. The Kier molecular flexibility index (Phi) is 4.19. The summed E-state index contributed by atoms with van der Waals surface area (Å²) in [6.07, 6.45) is -3.04. The molecular weight excluding hydrogens is 146 g/mol. The number of alkyl halides is 2. The maximum absolute atomic E-state index is 11.3. The van der Waals surface area contributed by atoms with Crippen LogP contribution in [0.15, 0.2) is 12.8 Å². The SMILES string of the molecule is C=COC(=O)OCC(F)F. The van der Waals surface area contributed by atoms with Gasteiger partial charge in [-0.25, -0.2) is 13.6 Å². The second kappa shape index (κ2) is 4.72. The molecule has 0 spiro atoms. The van der Waals surface area contributed by atoms with Crippen LogP contribution in [-0.4, -0.2) is 19.2 Å². The molecule has 0 atom stereocenters. The van der Waals surface area contributed by atoms with Gasteiger partial charge in [-0.3, -0.25) is 0 Å². The highest BCUT2D eigenvalue weighted by atomic mass is 19.3. The lowest BCUT2D eigenvalue weighted by atomic mass is 10.8. The zero-order chi connectivity index (χ0) is 7.98. The van der Waals surface area contributed by atoms with Gasteiger partial charge < -0.3 is 9.47 Å². The van der Waals surface area contributed by atoms with Gasteiger partial charge in [-0.05, 0) is 0 Å². The molecule has 10 heavy (non-hydrogen) atoms.